The van der Waals surface area contributed by atoms with Crippen LogP contribution >= 0.6 is 0 Å². The van der Waals surface area contributed by atoms with Gasteiger partial charge in [0.15, 0.2) is 6.10 Å². The number of hydrogen-bond donors (Lipinski definition) is 1. The Bertz CT molecular complexity index is 584. The van der Waals surface area contributed by atoms with E-state index < -0.39 is 12.1 Å². The minimum Gasteiger partial charge on any atom is -0.448 e. The van der Waals surface area contributed by atoms with Gasteiger partial charge in [-0.15, -0.1) is 0 Å². The third-order valence-electron chi connectivity index (χ3n) is 3.62. The number of rotatable bonds is 3. The molecule has 0 saturated carbocycles. The number of hydrogen-bond acceptors (Lipinski definition) is 3. The van der Waals surface area contributed by atoms with Gasteiger partial charge in [0.25, 0.3) is 5.91 Å². The van der Waals surface area contributed by atoms with Crippen LogP contribution < -0.4 is 5.32 Å². The second kappa shape index (κ2) is 5.75. The van der Waals surface area contributed by atoms with Crippen molar-refractivity contribution in [3.05, 3.63) is 35.4 Å². The smallest absolute Gasteiger partial charge is 0.339 e. The van der Waals surface area contributed by atoms with Crippen molar-refractivity contribution in [1.29, 1.82) is 0 Å². The van der Waals surface area contributed by atoms with Gasteiger partial charge in [0.1, 0.15) is 0 Å². The molecule has 0 bridgehead atoms. The molecule has 2 rings (SSSR count). The second-order valence-corrected chi connectivity index (χ2v) is 7.87. The summed E-state index contributed by atoms with van der Waals surface area (Å²) >= 11 is 0. The van der Waals surface area contributed by atoms with E-state index in [9.17, 15) is 9.59 Å². The molecule has 1 aromatic rings. The quantitative estimate of drug-likeness (QED) is 0.873. The number of esters is 1. The van der Waals surface area contributed by atoms with Gasteiger partial charge < -0.3 is 10.1 Å². The van der Waals surface area contributed by atoms with Crippen molar-refractivity contribution in [3.8, 4) is 0 Å². The number of benzene rings is 1. The molecule has 1 aliphatic rings. The van der Waals surface area contributed by atoms with Gasteiger partial charge in [0, 0.05) is 12.0 Å². The minimum absolute atomic E-state index is 0.104. The van der Waals surface area contributed by atoms with Crippen LogP contribution in [0.2, 0.25) is 0 Å². The number of carbonyl (C=O) groups excluding carboxylic acids is 2. The summed E-state index contributed by atoms with van der Waals surface area (Å²) in [6.45, 7) is 10.4. The van der Waals surface area contributed by atoms with Crippen LogP contribution in [0, 0.1) is 5.41 Å². The molecule has 1 heterocycles. The van der Waals surface area contributed by atoms with Crippen molar-refractivity contribution >= 4 is 11.9 Å². The van der Waals surface area contributed by atoms with E-state index in [2.05, 4.69) is 26.1 Å². The molecule has 0 spiro atoms. The molecule has 1 N–H and O–H groups in total. The van der Waals surface area contributed by atoms with Crippen LogP contribution in [0.3, 0.4) is 0 Å². The summed E-state index contributed by atoms with van der Waals surface area (Å²) < 4.78 is 5.30. The fourth-order valence-electron chi connectivity index (χ4n) is 3.26. The minimum atomic E-state index is -0.748. The van der Waals surface area contributed by atoms with Gasteiger partial charge in [-0.1, -0.05) is 39.0 Å². The van der Waals surface area contributed by atoms with Crippen molar-refractivity contribution in [2.75, 3.05) is 0 Å². The van der Waals surface area contributed by atoms with Crippen LogP contribution in [0.4, 0.5) is 0 Å². The number of fused-ring (bicyclic) bond motifs is 1. The summed E-state index contributed by atoms with van der Waals surface area (Å²) in [7, 11) is 0. The third kappa shape index (κ3) is 4.09. The summed E-state index contributed by atoms with van der Waals surface area (Å²) in [5, 5.41) is 3.02. The topological polar surface area (TPSA) is 55.4 Å². The van der Waals surface area contributed by atoms with Crippen LogP contribution in [-0.4, -0.2) is 23.5 Å². The van der Waals surface area contributed by atoms with Crippen LogP contribution in [0.15, 0.2) is 24.3 Å². The molecule has 0 radical (unpaired) electrons. The molecule has 4 nitrogen and oxygen atoms in total. The predicted octanol–water partition coefficient (Wildman–Crippen LogP) is 3.10. The summed E-state index contributed by atoms with van der Waals surface area (Å²) in [5.74, 6) is -0.646. The first kappa shape index (κ1) is 16.5. The largest absolute Gasteiger partial charge is 0.448 e. The highest BCUT2D eigenvalue weighted by atomic mass is 16.5. The SMILES string of the molecule is CC(C)(C)CC(C)(C)NC(=O)C1Cc2ccccc2C(=O)O1. The lowest BCUT2D eigenvalue weighted by molar-refractivity contribution is -0.132. The molecule has 1 unspecified atom stereocenters. The third-order valence-corrected chi connectivity index (χ3v) is 3.62. The van der Waals surface area contributed by atoms with E-state index in [1.54, 1.807) is 12.1 Å². The first-order valence-electron chi connectivity index (χ1n) is 7.68. The normalized spacial score (nSPS) is 18.4. The van der Waals surface area contributed by atoms with E-state index in [1.165, 1.54) is 0 Å². The highest BCUT2D eigenvalue weighted by Gasteiger charge is 2.34. The maximum absolute atomic E-state index is 12.5. The van der Waals surface area contributed by atoms with E-state index >= 15 is 0 Å². The number of cyclic esters (lactones) is 1. The molecular weight excluding hydrogens is 278 g/mol. The van der Waals surface area contributed by atoms with E-state index in [-0.39, 0.29) is 16.9 Å². The monoisotopic (exact) mass is 303 g/mol. The molecule has 1 atom stereocenters. The number of amides is 1. The summed E-state index contributed by atoms with van der Waals surface area (Å²) in [6, 6.07) is 7.27. The lowest BCUT2D eigenvalue weighted by Crippen LogP contribution is -2.51. The lowest BCUT2D eigenvalue weighted by atomic mass is 9.81. The predicted molar refractivity (Wildman–Crippen MR) is 85.6 cm³/mol. The molecule has 1 aromatic carbocycles. The van der Waals surface area contributed by atoms with E-state index in [0.717, 1.165) is 12.0 Å². The van der Waals surface area contributed by atoms with Gasteiger partial charge in [0.2, 0.25) is 0 Å². The molecule has 0 fully saturated rings. The Kier molecular flexibility index (Phi) is 4.32. The van der Waals surface area contributed by atoms with Gasteiger partial charge in [-0.05, 0) is 37.3 Å². The zero-order valence-corrected chi connectivity index (χ0v) is 14.0. The molecule has 0 aliphatic carbocycles. The number of nitrogens with one attached hydrogen (secondary N) is 1. The molecule has 120 valence electrons. The average molecular weight is 303 g/mol. The van der Waals surface area contributed by atoms with Crippen molar-refractivity contribution in [3.63, 3.8) is 0 Å². The molecular formula is C18H25NO3. The fraction of sp³-hybridized carbons (Fsp3) is 0.556. The zero-order chi connectivity index (χ0) is 16.5. The Labute approximate surface area is 132 Å². The van der Waals surface area contributed by atoms with Gasteiger partial charge in [-0.3, -0.25) is 4.79 Å². The zero-order valence-electron chi connectivity index (χ0n) is 14.0. The molecule has 22 heavy (non-hydrogen) atoms. The van der Waals surface area contributed by atoms with Gasteiger partial charge in [-0.2, -0.15) is 0 Å². The van der Waals surface area contributed by atoms with Crippen molar-refractivity contribution < 1.29 is 14.3 Å². The number of ether oxygens (including phenoxy) is 1. The average Bonchev–Trinajstić information content (AvgIpc) is 2.35. The molecule has 4 heteroatoms. The van der Waals surface area contributed by atoms with Crippen molar-refractivity contribution in [2.24, 2.45) is 5.41 Å². The van der Waals surface area contributed by atoms with Crippen LogP contribution in [0.5, 0.6) is 0 Å². The summed E-state index contributed by atoms with van der Waals surface area (Å²) in [5.41, 5.74) is 1.18. The molecule has 0 saturated heterocycles. The van der Waals surface area contributed by atoms with E-state index in [0.29, 0.717) is 12.0 Å². The van der Waals surface area contributed by atoms with Gasteiger partial charge in [0.05, 0.1) is 5.56 Å². The molecule has 1 amide bonds. The molecule has 0 aromatic heterocycles. The Morgan fingerprint density at radius 1 is 1.23 bits per heavy atom. The van der Waals surface area contributed by atoms with Gasteiger partial charge >= 0.3 is 5.97 Å². The molecule has 1 aliphatic heterocycles. The van der Waals surface area contributed by atoms with Crippen molar-refractivity contribution in [1.82, 2.24) is 5.32 Å². The van der Waals surface area contributed by atoms with Crippen LogP contribution in [0.1, 0.15) is 57.0 Å². The van der Waals surface area contributed by atoms with Crippen LogP contribution in [0.25, 0.3) is 0 Å². The van der Waals surface area contributed by atoms with E-state index in [4.69, 9.17) is 4.74 Å². The lowest BCUT2D eigenvalue weighted by Gasteiger charge is -2.35. The first-order chi connectivity index (χ1) is 10.1. The summed E-state index contributed by atoms with van der Waals surface area (Å²) in [4.78, 5) is 24.5. The highest BCUT2D eigenvalue weighted by Crippen LogP contribution is 2.27. The first-order valence-corrected chi connectivity index (χ1v) is 7.68. The second-order valence-electron chi connectivity index (χ2n) is 7.87. The van der Waals surface area contributed by atoms with Gasteiger partial charge in [-0.25, -0.2) is 4.79 Å². The Morgan fingerprint density at radius 2 is 1.86 bits per heavy atom. The van der Waals surface area contributed by atoms with Crippen molar-refractivity contribution in [2.45, 2.75) is 59.1 Å². The highest BCUT2D eigenvalue weighted by molar-refractivity contribution is 5.95. The Balaban J connectivity index is 2.07. The fourth-order valence-corrected chi connectivity index (χ4v) is 3.26. The maximum atomic E-state index is 12.5. The van der Waals surface area contributed by atoms with Crippen LogP contribution in [-0.2, 0) is 16.0 Å². The van der Waals surface area contributed by atoms with E-state index in [1.807, 2.05) is 26.0 Å². The Morgan fingerprint density at radius 3 is 2.50 bits per heavy atom. The standard InChI is InChI=1S/C18H25NO3/c1-17(2,3)11-18(4,5)19-15(20)14-10-12-8-6-7-9-13(12)16(21)22-14/h6-9,14H,10-11H2,1-5H3,(H,19,20). The Hall–Kier alpha value is -1.84. The maximum Gasteiger partial charge on any atom is 0.339 e. The number of carbonyl (C=O) groups is 2. The summed E-state index contributed by atoms with van der Waals surface area (Å²) in [6.07, 6.45) is 0.518.